The molecule has 0 aliphatic carbocycles. The van der Waals surface area contributed by atoms with Gasteiger partial charge >= 0.3 is 0 Å². The van der Waals surface area contributed by atoms with E-state index in [2.05, 4.69) is 17.2 Å². The molecule has 0 saturated carbocycles. The van der Waals surface area contributed by atoms with Crippen molar-refractivity contribution in [1.82, 2.24) is 14.9 Å². The molecule has 5 nitrogen and oxygen atoms in total. The van der Waals surface area contributed by atoms with E-state index in [4.69, 9.17) is 17.0 Å². The van der Waals surface area contributed by atoms with Gasteiger partial charge in [0.2, 0.25) is 0 Å². The van der Waals surface area contributed by atoms with Gasteiger partial charge in [-0.25, -0.2) is 0 Å². The highest BCUT2D eigenvalue weighted by atomic mass is 32.1. The van der Waals surface area contributed by atoms with E-state index >= 15 is 0 Å². The van der Waals surface area contributed by atoms with Crippen molar-refractivity contribution in [3.63, 3.8) is 0 Å². The minimum atomic E-state index is -0.191. The fourth-order valence-electron chi connectivity index (χ4n) is 2.72. The molecule has 1 aromatic heterocycles. The number of rotatable bonds is 8. The Morgan fingerprint density at radius 1 is 1.19 bits per heavy atom. The molecular formula is C21H23N3O2S. The van der Waals surface area contributed by atoms with E-state index in [1.165, 1.54) is 0 Å². The molecule has 1 heterocycles. The van der Waals surface area contributed by atoms with Gasteiger partial charge in [-0.05, 0) is 48.5 Å². The first kappa shape index (κ1) is 18.9. The molecule has 1 amide bonds. The summed E-state index contributed by atoms with van der Waals surface area (Å²) in [4.78, 5) is 15.6. The number of nitrogens with zero attached hydrogens (tertiary/aromatic N) is 1. The first-order valence-electron chi connectivity index (χ1n) is 9.05. The smallest absolute Gasteiger partial charge is 0.270 e. The number of carbonyl (C=O) groups is 1. The van der Waals surface area contributed by atoms with Crippen LogP contribution < -0.4 is 10.1 Å². The van der Waals surface area contributed by atoms with Crippen LogP contribution in [0.3, 0.4) is 0 Å². The molecule has 27 heavy (non-hydrogen) atoms. The van der Waals surface area contributed by atoms with Crippen molar-refractivity contribution < 1.29 is 9.53 Å². The van der Waals surface area contributed by atoms with Gasteiger partial charge in [-0.1, -0.05) is 43.7 Å². The lowest BCUT2D eigenvalue weighted by Gasteiger charge is -2.10. The molecule has 3 aromatic rings. The number of amides is 1. The minimum absolute atomic E-state index is 0.191. The number of ether oxygens (including phenoxy) is 1. The molecule has 0 aliphatic heterocycles. The SMILES string of the molecule is CCCCOc1cccc(CNC(=O)c2c[nH]c(=S)n2-c2ccccc2)c1. The third kappa shape index (κ3) is 4.86. The Hall–Kier alpha value is -2.86. The van der Waals surface area contributed by atoms with Crippen molar-refractivity contribution in [3.05, 3.63) is 76.8 Å². The number of para-hydroxylation sites is 1. The van der Waals surface area contributed by atoms with E-state index in [0.717, 1.165) is 29.8 Å². The van der Waals surface area contributed by atoms with E-state index < -0.39 is 0 Å². The van der Waals surface area contributed by atoms with Gasteiger partial charge in [0.1, 0.15) is 11.4 Å². The first-order valence-corrected chi connectivity index (χ1v) is 9.45. The highest BCUT2D eigenvalue weighted by molar-refractivity contribution is 7.71. The molecule has 0 radical (unpaired) electrons. The van der Waals surface area contributed by atoms with Crippen LogP contribution >= 0.6 is 12.2 Å². The van der Waals surface area contributed by atoms with Crippen LogP contribution in [0.5, 0.6) is 5.75 Å². The first-order chi connectivity index (χ1) is 13.2. The van der Waals surface area contributed by atoms with Gasteiger partial charge < -0.3 is 15.0 Å². The zero-order valence-corrected chi connectivity index (χ0v) is 16.1. The quantitative estimate of drug-likeness (QED) is 0.441. The van der Waals surface area contributed by atoms with Crippen LogP contribution in [0, 0.1) is 4.77 Å². The molecule has 0 atom stereocenters. The third-order valence-electron chi connectivity index (χ3n) is 4.14. The molecule has 0 bridgehead atoms. The molecule has 0 spiro atoms. The van der Waals surface area contributed by atoms with Gasteiger partial charge in [-0.2, -0.15) is 0 Å². The van der Waals surface area contributed by atoms with Crippen molar-refractivity contribution in [3.8, 4) is 11.4 Å². The zero-order valence-electron chi connectivity index (χ0n) is 15.3. The van der Waals surface area contributed by atoms with Crippen molar-refractivity contribution >= 4 is 18.1 Å². The number of imidazole rings is 1. The monoisotopic (exact) mass is 381 g/mol. The summed E-state index contributed by atoms with van der Waals surface area (Å²) in [6.07, 6.45) is 3.75. The predicted molar refractivity (Wildman–Crippen MR) is 109 cm³/mol. The fraction of sp³-hybridized carbons (Fsp3) is 0.238. The Labute approximate surface area is 164 Å². The molecule has 2 aromatic carbocycles. The van der Waals surface area contributed by atoms with Gasteiger partial charge in [-0.3, -0.25) is 9.36 Å². The van der Waals surface area contributed by atoms with Crippen LogP contribution in [-0.4, -0.2) is 22.1 Å². The summed E-state index contributed by atoms with van der Waals surface area (Å²) >= 11 is 5.33. The van der Waals surface area contributed by atoms with Crippen molar-refractivity contribution in [2.24, 2.45) is 0 Å². The van der Waals surface area contributed by atoms with Crippen molar-refractivity contribution in [1.29, 1.82) is 0 Å². The van der Waals surface area contributed by atoms with E-state index in [1.54, 1.807) is 10.8 Å². The maximum Gasteiger partial charge on any atom is 0.270 e. The topological polar surface area (TPSA) is 59.0 Å². The molecule has 0 fully saturated rings. The van der Waals surface area contributed by atoms with Gasteiger partial charge in [0.25, 0.3) is 5.91 Å². The van der Waals surface area contributed by atoms with Crippen molar-refractivity contribution in [2.75, 3.05) is 6.61 Å². The number of aromatic amines is 1. The number of benzene rings is 2. The van der Waals surface area contributed by atoms with Crippen LogP contribution in [-0.2, 0) is 6.54 Å². The lowest BCUT2D eigenvalue weighted by Crippen LogP contribution is -2.25. The fourth-order valence-corrected chi connectivity index (χ4v) is 2.98. The maximum absolute atomic E-state index is 12.7. The van der Waals surface area contributed by atoms with Gasteiger partial charge in [0, 0.05) is 18.4 Å². The average molecular weight is 382 g/mol. The lowest BCUT2D eigenvalue weighted by atomic mass is 10.2. The molecule has 0 saturated heterocycles. The summed E-state index contributed by atoms with van der Waals surface area (Å²) in [6.45, 7) is 3.25. The molecule has 2 N–H and O–H groups in total. The molecule has 3 rings (SSSR count). The van der Waals surface area contributed by atoms with E-state index in [9.17, 15) is 4.79 Å². The molecule has 140 valence electrons. The minimum Gasteiger partial charge on any atom is -0.494 e. The Balaban J connectivity index is 1.69. The zero-order chi connectivity index (χ0) is 19.1. The Bertz CT molecular complexity index is 947. The molecule has 6 heteroatoms. The van der Waals surface area contributed by atoms with Crippen molar-refractivity contribution in [2.45, 2.75) is 26.3 Å². The molecular weight excluding hydrogens is 358 g/mol. The Morgan fingerprint density at radius 3 is 2.78 bits per heavy atom. The number of unbranched alkanes of at least 4 members (excludes halogenated alkanes) is 1. The highest BCUT2D eigenvalue weighted by Crippen LogP contribution is 2.15. The van der Waals surface area contributed by atoms with Gasteiger partial charge in [0.15, 0.2) is 4.77 Å². The van der Waals surface area contributed by atoms with Gasteiger partial charge in [0.05, 0.1) is 6.61 Å². The standard InChI is InChI=1S/C21H23N3O2S/c1-2-3-12-26-18-11-7-8-16(13-18)14-22-20(25)19-15-23-21(27)24(19)17-9-5-4-6-10-17/h4-11,13,15H,2-3,12,14H2,1H3,(H,22,25)(H,23,27). The van der Waals surface area contributed by atoms with Crippen LogP contribution in [0.2, 0.25) is 0 Å². The van der Waals surface area contributed by atoms with Crippen LogP contribution in [0.15, 0.2) is 60.8 Å². The number of H-pyrrole nitrogens is 1. The number of carbonyl (C=O) groups excluding carboxylic acids is 1. The van der Waals surface area contributed by atoms with E-state index in [0.29, 0.717) is 23.6 Å². The second-order valence-electron chi connectivity index (χ2n) is 6.18. The average Bonchev–Trinajstić information content (AvgIpc) is 3.09. The van der Waals surface area contributed by atoms with Gasteiger partial charge in [-0.15, -0.1) is 0 Å². The predicted octanol–water partition coefficient (Wildman–Crippen LogP) is 4.64. The highest BCUT2D eigenvalue weighted by Gasteiger charge is 2.14. The van der Waals surface area contributed by atoms with Crippen LogP contribution in [0.1, 0.15) is 35.8 Å². The maximum atomic E-state index is 12.7. The van der Waals surface area contributed by atoms with Crippen LogP contribution in [0.4, 0.5) is 0 Å². The number of hydrogen-bond acceptors (Lipinski definition) is 3. The van der Waals surface area contributed by atoms with E-state index in [-0.39, 0.29) is 5.91 Å². The summed E-state index contributed by atoms with van der Waals surface area (Å²) in [5, 5.41) is 2.95. The lowest BCUT2D eigenvalue weighted by molar-refractivity contribution is 0.0944. The Morgan fingerprint density at radius 2 is 2.00 bits per heavy atom. The summed E-state index contributed by atoms with van der Waals surface area (Å²) in [6, 6.07) is 17.4. The summed E-state index contributed by atoms with van der Waals surface area (Å²) in [7, 11) is 0. The third-order valence-corrected chi connectivity index (χ3v) is 4.44. The van der Waals surface area contributed by atoms with E-state index in [1.807, 2.05) is 54.6 Å². The Kier molecular flexibility index (Phi) is 6.44. The summed E-state index contributed by atoms with van der Waals surface area (Å²) in [5.74, 6) is 0.632. The second-order valence-corrected chi connectivity index (χ2v) is 6.57. The molecule has 0 unspecified atom stereocenters. The number of aromatic nitrogens is 2. The normalized spacial score (nSPS) is 10.6. The summed E-state index contributed by atoms with van der Waals surface area (Å²) < 4.78 is 7.94. The number of hydrogen-bond donors (Lipinski definition) is 2. The van der Waals surface area contributed by atoms with Crippen LogP contribution in [0.25, 0.3) is 5.69 Å². The largest absolute Gasteiger partial charge is 0.494 e. The summed E-state index contributed by atoms with van der Waals surface area (Å²) in [5.41, 5.74) is 2.31. The molecule has 0 aliphatic rings. The second kappa shape index (κ2) is 9.19. The number of nitrogens with one attached hydrogen (secondary N) is 2.